The first-order chi connectivity index (χ1) is 9.65. The van der Waals surface area contributed by atoms with Gasteiger partial charge in [0.2, 0.25) is 0 Å². The lowest BCUT2D eigenvalue weighted by Gasteiger charge is -2.07. The Labute approximate surface area is 116 Å². The summed E-state index contributed by atoms with van der Waals surface area (Å²) in [6, 6.07) is 10.1. The number of nitro groups is 1. The molecule has 0 aliphatic rings. The number of aromatic nitrogens is 1. The van der Waals surface area contributed by atoms with Gasteiger partial charge in [-0.25, -0.2) is 4.98 Å². The Hall–Kier alpha value is -2.63. The highest BCUT2D eigenvalue weighted by atomic mass is 16.6. The van der Waals surface area contributed by atoms with E-state index in [1.54, 1.807) is 37.4 Å². The normalized spacial score (nSPS) is 10.1. The first-order valence-electron chi connectivity index (χ1n) is 6.19. The number of methoxy groups -OCH3 is 1. The number of hydrogen-bond acceptors (Lipinski definition) is 5. The third kappa shape index (κ3) is 2.85. The molecule has 0 radical (unpaired) electrons. The van der Waals surface area contributed by atoms with Crippen LogP contribution in [0.1, 0.15) is 6.92 Å². The molecule has 0 amide bonds. The quantitative estimate of drug-likeness (QED) is 0.669. The molecule has 1 aromatic carbocycles. The number of pyridine rings is 1. The van der Waals surface area contributed by atoms with E-state index in [1.165, 1.54) is 6.07 Å². The highest BCUT2D eigenvalue weighted by Crippen LogP contribution is 2.30. The van der Waals surface area contributed by atoms with Gasteiger partial charge < -0.3 is 10.1 Å². The van der Waals surface area contributed by atoms with Crippen molar-refractivity contribution in [3.05, 3.63) is 46.5 Å². The van der Waals surface area contributed by atoms with Crippen LogP contribution in [-0.4, -0.2) is 23.6 Å². The largest absolute Gasteiger partial charge is 0.497 e. The van der Waals surface area contributed by atoms with Crippen molar-refractivity contribution < 1.29 is 9.66 Å². The molecule has 0 atom stereocenters. The Morgan fingerprint density at radius 1 is 1.25 bits per heavy atom. The molecule has 0 unspecified atom stereocenters. The van der Waals surface area contributed by atoms with Crippen LogP contribution in [0, 0.1) is 10.1 Å². The van der Waals surface area contributed by atoms with Gasteiger partial charge in [-0.3, -0.25) is 10.1 Å². The molecule has 0 bridgehead atoms. The SMILES string of the molecule is CCNc1ccc([N+](=O)[O-])c(-c2ccc(OC)cc2)n1. The van der Waals surface area contributed by atoms with Crippen molar-refractivity contribution in [3.63, 3.8) is 0 Å². The fraction of sp³-hybridized carbons (Fsp3) is 0.214. The maximum atomic E-state index is 11.1. The summed E-state index contributed by atoms with van der Waals surface area (Å²) in [4.78, 5) is 15.0. The number of nitrogens with zero attached hydrogens (tertiary/aromatic N) is 2. The predicted octanol–water partition coefficient (Wildman–Crippen LogP) is 3.10. The van der Waals surface area contributed by atoms with Crippen molar-refractivity contribution >= 4 is 11.5 Å². The molecule has 6 heteroatoms. The van der Waals surface area contributed by atoms with Crippen molar-refractivity contribution in [3.8, 4) is 17.0 Å². The zero-order valence-electron chi connectivity index (χ0n) is 11.3. The Bertz CT molecular complexity index is 612. The van der Waals surface area contributed by atoms with E-state index in [0.29, 0.717) is 29.4 Å². The predicted molar refractivity (Wildman–Crippen MR) is 77.0 cm³/mol. The van der Waals surface area contributed by atoms with E-state index in [1.807, 2.05) is 6.92 Å². The van der Waals surface area contributed by atoms with Crippen molar-refractivity contribution in [2.24, 2.45) is 0 Å². The molecule has 1 heterocycles. The lowest BCUT2D eigenvalue weighted by atomic mass is 10.1. The molecule has 0 aliphatic carbocycles. The fourth-order valence-corrected chi connectivity index (χ4v) is 1.84. The van der Waals surface area contributed by atoms with Crippen LogP contribution in [-0.2, 0) is 0 Å². The summed E-state index contributed by atoms with van der Waals surface area (Å²) in [7, 11) is 1.57. The van der Waals surface area contributed by atoms with Crippen LogP contribution in [0.4, 0.5) is 11.5 Å². The van der Waals surface area contributed by atoms with Gasteiger partial charge in [-0.1, -0.05) is 0 Å². The summed E-state index contributed by atoms with van der Waals surface area (Å²) in [5.74, 6) is 1.31. The molecule has 1 N–H and O–H groups in total. The summed E-state index contributed by atoms with van der Waals surface area (Å²) < 4.78 is 5.08. The minimum absolute atomic E-state index is 0.0168. The smallest absolute Gasteiger partial charge is 0.295 e. The maximum Gasteiger partial charge on any atom is 0.295 e. The number of rotatable bonds is 5. The second kappa shape index (κ2) is 6.01. The Kier molecular flexibility index (Phi) is 4.14. The molecule has 0 fully saturated rings. The van der Waals surface area contributed by atoms with Gasteiger partial charge in [0.15, 0.2) is 5.69 Å². The molecular formula is C14H15N3O3. The lowest BCUT2D eigenvalue weighted by molar-refractivity contribution is -0.384. The van der Waals surface area contributed by atoms with Crippen molar-refractivity contribution in [1.82, 2.24) is 4.98 Å². The Morgan fingerprint density at radius 2 is 1.95 bits per heavy atom. The van der Waals surface area contributed by atoms with Crippen molar-refractivity contribution in [1.29, 1.82) is 0 Å². The summed E-state index contributed by atoms with van der Waals surface area (Å²) in [6.07, 6.45) is 0. The molecule has 0 saturated heterocycles. The van der Waals surface area contributed by atoms with Crippen LogP contribution in [0.3, 0.4) is 0 Å². The van der Waals surface area contributed by atoms with Crippen molar-refractivity contribution in [2.75, 3.05) is 19.0 Å². The van der Waals surface area contributed by atoms with Crippen LogP contribution in [0.15, 0.2) is 36.4 Å². The van der Waals surface area contributed by atoms with Gasteiger partial charge in [0.1, 0.15) is 11.6 Å². The zero-order valence-corrected chi connectivity index (χ0v) is 11.3. The molecule has 0 aliphatic heterocycles. The molecular weight excluding hydrogens is 258 g/mol. The molecule has 0 saturated carbocycles. The van der Waals surface area contributed by atoms with E-state index in [0.717, 1.165) is 0 Å². The van der Waals surface area contributed by atoms with Gasteiger partial charge >= 0.3 is 0 Å². The molecule has 2 aromatic rings. The van der Waals surface area contributed by atoms with Gasteiger partial charge in [-0.15, -0.1) is 0 Å². The zero-order chi connectivity index (χ0) is 14.5. The van der Waals surface area contributed by atoms with Gasteiger partial charge in [-0.05, 0) is 37.3 Å². The standard InChI is InChI=1S/C14H15N3O3/c1-3-15-13-9-8-12(17(18)19)14(16-13)10-4-6-11(20-2)7-5-10/h4-9H,3H2,1-2H3,(H,15,16). The lowest BCUT2D eigenvalue weighted by Crippen LogP contribution is -2.02. The number of ether oxygens (including phenoxy) is 1. The number of nitrogens with one attached hydrogen (secondary N) is 1. The van der Waals surface area contributed by atoms with E-state index in [4.69, 9.17) is 4.74 Å². The third-order valence-corrected chi connectivity index (χ3v) is 2.79. The Balaban J connectivity index is 2.50. The monoisotopic (exact) mass is 273 g/mol. The van der Waals surface area contributed by atoms with Gasteiger partial charge in [0.25, 0.3) is 5.69 Å². The third-order valence-electron chi connectivity index (χ3n) is 2.79. The van der Waals surface area contributed by atoms with E-state index in [2.05, 4.69) is 10.3 Å². The highest BCUT2D eigenvalue weighted by molar-refractivity contribution is 5.71. The van der Waals surface area contributed by atoms with Crippen LogP contribution in [0.2, 0.25) is 0 Å². The molecule has 20 heavy (non-hydrogen) atoms. The van der Waals surface area contributed by atoms with Gasteiger partial charge in [0, 0.05) is 18.2 Å². The molecule has 0 spiro atoms. The fourth-order valence-electron chi connectivity index (χ4n) is 1.84. The summed E-state index contributed by atoms with van der Waals surface area (Å²) >= 11 is 0. The molecule has 104 valence electrons. The number of hydrogen-bond donors (Lipinski definition) is 1. The van der Waals surface area contributed by atoms with Crippen LogP contribution in [0.25, 0.3) is 11.3 Å². The summed E-state index contributed by atoms with van der Waals surface area (Å²) in [5.41, 5.74) is 1.00. The first-order valence-corrected chi connectivity index (χ1v) is 6.19. The number of anilines is 1. The summed E-state index contributed by atoms with van der Waals surface area (Å²) in [6.45, 7) is 2.64. The van der Waals surface area contributed by atoms with Crippen LogP contribution in [0.5, 0.6) is 5.75 Å². The van der Waals surface area contributed by atoms with E-state index >= 15 is 0 Å². The average molecular weight is 273 g/mol. The summed E-state index contributed by atoms with van der Waals surface area (Å²) in [5, 5.41) is 14.2. The van der Waals surface area contributed by atoms with Gasteiger partial charge in [-0.2, -0.15) is 0 Å². The van der Waals surface area contributed by atoms with Crippen molar-refractivity contribution in [2.45, 2.75) is 6.92 Å². The van der Waals surface area contributed by atoms with E-state index in [-0.39, 0.29) is 5.69 Å². The molecule has 1 aromatic heterocycles. The number of benzene rings is 1. The molecule has 6 nitrogen and oxygen atoms in total. The minimum atomic E-state index is -0.428. The minimum Gasteiger partial charge on any atom is -0.497 e. The second-order valence-electron chi connectivity index (χ2n) is 4.08. The topological polar surface area (TPSA) is 77.3 Å². The second-order valence-corrected chi connectivity index (χ2v) is 4.08. The van der Waals surface area contributed by atoms with Crippen LogP contribution < -0.4 is 10.1 Å². The van der Waals surface area contributed by atoms with E-state index in [9.17, 15) is 10.1 Å². The maximum absolute atomic E-state index is 11.1. The highest BCUT2D eigenvalue weighted by Gasteiger charge is 2.17. The van der Waals surface area contributed by atoms with Gasteiger partial charge in [0.05, 0.1) is 12.0 Å². The first kappa shape index (κ1) is 13.8. The van der Waals surface area contributed by atoms with E-state index < -0.39 is 4.92 Å². The molecule has 2 rings (SSSR count). The average Bonchev–Trinajstić information content (AvgIpc) is 2.47. The van der Waals surface area contributed by atoms with Crippen LogP contribution >= 0.6 is 0 Å². The Morgan fingerprint density at radius 3 is 2.50 bits per heavy atom.